The van der Waals surface area contributed by atoms with E-state index in [0.29, 0.717) is 0 Å². The second-order valence-electron chi connectivity index (χ2n) is 4.79. The Morgan fingerprint density at radius 2 is 1.94 bits per heavy atom. The molecule has 88 valence electrons. The first kappa shape index (κ1) is 12.7. The molecule has 16 heavy (non-hydrogen) atoms. The molecule has 3 nitrogen and oxygen atoms in total. The van der Waals surface area contributed by atoms with Crippen LogP contribution in [0.4, 0.5) is 0 Å². The van der Waals surface area contributed by atoms with Gasteiger partial charge in [0.25, 0.3) is 0 Å². The maximum Gasteiger partial charge on any atom is 0.143 e. The molecular formula is C13H21N3. The fraction of sp³-hybridized carbons (Fsp3) is 0.462. The predicted octanol–water partition coefficient (Wildman–Crippen LogP) is 2.26. The lowest BCUT2D eigenvalue weighted by Crippen LogP contribution is -2.34. The van der Waals surface area contributed by atoms with Crippen LogP contribution in [0.1, 0.15) is 38.8 Å². The van der Waals surface area contributed by atoms with Crippen molar-refractivity contribution in [3.05, 3.63) is 35.4 Å². The van der Waals surface area contributed by atoms with Gasteiger partial charge in [0.1, 0.15) is 5.84 Å². The molecule has 0 atom stereocenters. The summed E-state index contributed by atoms with van der Waals surface area (Å²) in [7, 11) is 0. The largest absolute Gasteiger partial charge is 0.308 e. The van der Waals surface area contributed by atoms with Crippen LogP contribution >= 0.6 is 0 Å². The standard InChI is InChI=1S/C13H21N3/c1-5-10-8-6-7-9-11(10)12(16-14)15-13(2,3)4/h6-9H,5,14H2,1-4H3,(H,15,16). The SMILES string of the molecule is CCc1ccccc1C(=NC(C)(C)C)NN. The van der Waals surface area contributed by atoms with Gasteiger partial charge in [-0.15, -0.1) is 0 Å². The van der Waals surface area contributed by atoms with Crippen LogP contribution < -0.4 is 11.3 Å². The van der Waals surface area contributed by atoms with Crippen LogP contribution in [0.15, 0.2) is 29.3 Å². The lowest BCUT2D eigenvalue weighted by Gasteiger charge is -2.17. The number of hydrogen-bond acceptors (Lipinski definition) is 2. The maximum absolute atomic E-state index is 5.55. The number of nitrogens with two attached hydrogens (primary N) is 1. The molecule has 0 heterocycles. The lowest BCUT2D eigenvalue weighted by molar-refractivity contribution is 0.580. The van der Waals surface area contributed by atoms with E-state index in [2.05, 4.69) is 44.2 Å². The highest BCUT2D eigenvalue weighted by atomic mass is 15.3. The molecule has 0 amide bonds. The van der Waals surface area contributed by atoms with Crippen LogP contribution in [-0.2, 0) is 6.42 Å². The van der Waals surface area contributed by atoms with Crippen molar-refractivity contribution in [2.45, 2.75) is 39.7 Å². The van der Waals surface area contributed by atoms with E-state index >= 15 is 0 Å². The topological polar surface area (TPSA) is 50.4 Å². The summed E-state index contributed by atoms with van der Waals surface area (Å²) in [6.07, 6.45) is 0.973. The fourth-order valence-electron chi connectivity index (χ4n) is 1.57. The van der Waals surface area contributed by atoms with E-state index in [1.807, 2.05) is 18.2 Å². The van der Waals surface area contributed by atoms with E-state index in [4.69, 9.17) is 5.84 Å². The van der Waals surface area contributed by atoms with Crippen LogP contribution in [0.2, 0.25) is 0 Å². The van der Waals surface area contributed by atoms with Gasteiger partial charge in [-0.3, -0.25) is 4.99 Å². The summed E-state index contributed by atoms with van der Waals surface area (Å²) in [5.41, 5.74) is 4.90. The monoisotopic (exact) mass is 219 g/mol. The third-order valence-electron chi connectivity index (χ3n) is 2.24. The normalized spacial score (nSPS) is 12.7. The second kappa shape index (κ2) is 5.12. The second-order valence-corrected chi connectivity index (χ2v) is 4.79. The van der Waals surface area contributed by atoms with Gasteiger partial charge in [0, 0.05) is 5.56 Å². The Morgan fingerprint density at radius 1 is 1.31 bits per heavy atom. The Balaban J connectivity index is 3.19. The van der Waals surface area contributed by atoms with Gasteiger partial charge in [0.15, 0.2) is 0 Å². The van der Waals surface area contributed by atoms with E-state index in [1.165, 1.54) is 5.56 Å². The van der Waals surface area contributed by atoms with E-state index in [9.17, 15) is 0 Å². The number of rotatable bonds is 2. The van der Waals surface area contributed by atoms with Crippen LogP contribution in [0, 0.1) is 0 Å². The molecule has 0 bridgehead atoms. The van der Waals surface area contributed by atoms with Crippen molar-refractivity contribution in [2.75, 3.05) is 0 Å². The minimum Gasteiger partial charge on any atom is -0.308 e. The number of amidine groups is 1. The third-order valence-corrected chi connectivity index (χ3v) is 2.24. The number of nitrogens with zero attached hydrogens (tertiary/aromatic N) is 1. The number of benzene rings is 1. The molecular weight excluding hydrogens is 198 g/mol. The minimum atomic E-state index is -0.136. The van der Waals surface area contributed by atoms with Gasteiger partial charge >= 0.3 is 0 Å². The lowest BCUT2D eigenvalue weighted by atomic mass is 10.0. The molecule has 0 saturated carbocycles. The Labute approximate surface area is 97.7 Å². The van der Waals surface area contributed by atoms with E-state index in [-0.39, 0.29) is 5.54 Å². The molecule has 0 aromatic heterocycles. The van der Waals surface area contributed by atoms with Gasteiger partial charge in [-0.25, -0.2) is 5.84 Å². The maximum atomic E-state index is 5.55. The summed E-state index contributed by atoms with van der Waals surface area (Å²) >= 11 is 0. The average molecular weight is 219 g/mol. The molecule has 0 spiro atoms. The molecule has 0 unspecified atom stereocenters. The predicted molar refractivity (Wildman–Crippen MR) is 69.4 cm³/mol. The Morgan fingerprint density at radius 3 is 2.44 bits per heavy atom. The smallest absolute Gasteiger partial charge is 0.143 e. The van der Waals surface area contributed by atoms with E-state index in [0.717, 1.165) is 17.8 Å². The Bertz CT molecular complexity index is 375. The van der Waals surface area contributed by atoms with Gasteiger partial charge in [-0.1, -0.05) is 31.2 Å². The molecule has 0 aliphatic heterocycles. The molecule has 0 aliphatic carbocycles. The molecule has 3 N–H and O–H groups in total. The van der Waals surface area contributed by atoms with Gasteiger partial charge in [-0.2, -0.15) is 0 Å². The van der Waals surface area contributed by atoms with Crippen LogP contribution in [0.5, 0.6) is 0 Å². The average Bonchev–Trinajstić information content (AvgIpc) is 2.24. The van der Waals surface area contributed by atoms with Crippen molar-refractivity contribution in [3.8, 4) is 0 Å². The summed E-state index contributed by atoms with van der Waals surface area (Å²) in [5.74, 6) is 6.31. The summed E-state index contributed by atoms with van der Waals surface area (Å²) in [5, 5.41) is 0. The summed E-state index contributed by atoms with van der Waals surface area (Å²) < 4.78 is 0. The molecule has 1 aromatic carbocycles. The number of aryl methyl sites for hydroxylation is 1. The van der Waals surface area contributed by atoms with Crippen LogP contribution in [-0.4, -0.2) is 11.4 Å². The zero-order valence-electron chi connectivity index (χ0n) is 10.5. The third kappa shape index (κ3) is 3.35. The number of aliphatic imine (C=N–C) groups is 1. The van der Waals surface area contributed by atoms with Gasteiger partial charge in [-0.05, 0) is 32.8 Å². The van der Waals surface area contributed by atoms with Crippen molar-refractivity contribution in [1.82, 2.24) is 5.43 Å². The van der Waals surface area contributed by atoms with E-state index < -0.39 is 0 Å². The number of hydrazine groups is 1. The van der Waals surface area contributed by atoms with E-state index in [1.54, 1.807) is 0 Å². The van der Waals surface area contributed by atoms with Crippen molar-refractivity contribution in [1.29, 1.82) is 0 Å². The highest BCUT2D eigenvalue weighted by molar-refractivity contribution is 5.99. The molecule has 0 radical (unpaired) electrons. The first-order valence-corrected chi connectivity index (χ1v) is 5.62. The fourth-order valence-corrected chi connectivity index (χ4v) is 1.57. The van der Waals surface area contributed by atoms with Gasteiger partial charge in [0.2, 0.25) is 0 Å². The molecule has 3 heteroatoms. The summed E-state index contributed by atoms with van der Waals surface area (Å²) in [4.78, 5) is 4.59. The van der Waals surface area contributed by atoms with Crippen molar-refractivity contribution >= 4 is 5.84 Å². The Hall–Kier alpha value is -1.35. The summed E-state index contributed by atoms with van der Waals surface area (Å²) in [6, 6.07) is 8.19. The van der Waals surface area contributed by atoms with Gasteiger partial charge < -0.3 is 5.43 Å². The minimum absolute atomic E-state index is 0.136. The first-order valence-electron chi connectivity index (χ1n) is 5.62. The molecule has 0 aliphatic rings. The Kier molecular flexibility index (Phi) is 4.07. The summed E-state index contributed by atoms with van der Waals surface area (Å²) in [6.45, 7) is 8.29. The first-order chi connectivity index (χ1) is 7.48. The molecule has 0 fully saturated rings. The zero-order valence-corrected chi connectivity index (χ0v) is 10.5. The zero-order chi connectivity index (χ0) is 12.2. The van der Waals surface area contributed by atoms with Crippen LogP contribution in [0.3, 0.4) is 0 Å². The number of hydrogen-bond donors (Lipinski definition) is 2. The van der Waals surface area contributed by atoms with Crippen molar-refractivity contribution in [2.24, 2.45) is 10.8 Å². The quantitative estimate of drug-likeness (QED) is 0.347. The molecule has 1 aromatic rings. The van der Waals surface area contributed by atoms with Crippen molar-refractivity contribution < 1.29 is 0 Å². The highest BCUT2D eigenvalue weighted by Crippen LogP contribution is 2.13. The molecule has 1 rings (SSSR count). The molecule has 0 saturated heterocycles. The number of nitrogens with one attached hydrogen (secondary N) is 1. The van der Waals surface area contributed by atoms with Crippen LogP contribution in [0.25, 0.3) is 0 Å². The highest BCUT2D eigenvalue weighted by Gasteiger charge is 2.12. The van der Waals surface area contributed by atoms with Crippen molar-refractivity contribution in [3.63, 3.8) is 0 Å². The van der Waals surface area contributed by atoms with Gasteiger partial charge in [0.05, 0.1) is 5.54 Å².